The maximum atomic E-state index is 12.7. The number of aryl methyl sites for hydroxylation is 2. The molecule has 27 heavy (non-hydrogen) atoms. The standard InChI is InChI=1S/C20H20N4O2S/c1-3-15-8-16-18(27-15)9-17-20(26)24(22-12-23(16)17)11-19(25)21-10-14-6-4-13(2)5-7-14/h4-9,12H,3,10-11H2,1-2H3,(H,21,25). The quantitative estimate of drug-likeness (QED) is 0.579. The van der Waals surface area contributed by atoms with Gasteiger partial charge in [-0.1, -0.05) is 36.8 Å². The van der Waals surface area contributed by atoms with Crippen LogP contribution >= 0.6 is 11.3 Å². The number of carbonyl (C=O) groups is 1. The smallest absolute Gasteiger partial charge is 0.291 e. The van der Waals surface area contributed by atoms with Gasteiger partial charge in [0.05, 0.1) is 10.2 Å². The highest BCUT2D eigenvalue weighted by atomic mass is 32.1. The summed E-state index contributed by atoms with van der Waals surface area (Å²) in [5, 5.41) is 7.02. The van der Waals surface area contributed by atoms with Crippen molar-refractivity contribution in [3.05, 3.63) is 69.1 Å². The van der Waals surface area contributed by atoms with Gasteiger partial charge in [0.25, 0.3) is 5.56 Å². The molecule has 4 rings (SSSR count). The summed E-state index contributed by atoms with van der Waals surface area (Å²) >= 11 is 1.68. The molecule has 0 radical (unpaired) electrons. The minimum absolute atomic E-state index is 0.0970. The van der Waals surface area contributed by atoms with Crippen molar-refractivity contribution in [2.75, 3.05) is 0 Å². The van der Waals surface area contributed by atoms with Crippen LogP contribution in [0.25, 0.3) is 15.7 Å². The number of thiophene rings is 1. The predicted octanol–water partition coefficient (Wildman–Crippen LogP) is 2.90. The van der Waals surface area contributed by atoms with Crippen LogP contribution in [0, 0.1) is 6.92 Å². The van der Waals surface area contributed by atoms with E-state index in [1.54, 1.807) is 22.1 Å². The second-order valence-electron chi connectivity index (χ2n) is 6.57. The normalized spacial score (nSPS) is 11.3. The van der Waals surface area contributed by atoms with Gasteiger partial charge in [0.15, 0.2) is 0 Å². The van der Waals surface area contributed by atoms with E-state index in [1.807, 2.05) is 37.3 Å². The van der Waals surface area contributed by atoms with Crippen molar-refractivity contribution in [2.45, 2.75) is 33.4 Å². The monoisotopic (exact) mass is 380 g/mol. The first-order chi connectivity index (χ1) is 13.0. The van der Waals surface area contributed by atoms with E-state index in [9.17, 15) is 9.59 Å². The molecule has 0 aliphatic rings. The summed E-state index contributed by atoms with van der Waals surface area (Å²) in [6.07, 6.45) is 2.57. The van der Waals surface area contributed by atoms with Crippen LogP contribution in [0.5, 0.6) is 0 Å². The Labute approximate surface area is 160 Å². The highest BCUT2D eigenvalue weighted by Gasteiger charge is 2.13. The first kappa shape index (κ1) is 17.5. The first-order valence-corrected chi connectivity index (χ1v) is 9.68. The van der Waals surface area contributed by atoms with Crippen molar-refractivity contribution >= 4 is 33.0 Å². The van der Waals surface area contributed by atoms with Crippen molar-refractivity contribution in [3.8, 4) is 0 Å². The van der Waals surface area contributed by atoms with Crippen molar-refractivity contribution in [2.24, 2.45) is 0 Å². The molecule has 7 heteroatoms. The molecule has 138 valence electrons. The fourth-order valence-corrected chi connectivity index (χ4v) is 4.06. The average Bonchev–Trinajstić information content (AvgIpc) is 3.22. The lowest BCUT2D eigenvalue weighted by Gasteiger charge is -2.07. The molecule has 0 aliphatic carbocycles. The lowest BCUT2D eigenvalue weighted by Crippen LogP contribution is -2.33. The minimum Gasteiger partial charge on any atom is -0.350 e. The second-order valence-corrected chi connectivity index (χ2v) is 7.74. The maximum Gasteiger partial charge on any atom is 0.291 e. The summed E-state index contributed by atoms with van der Waals surface area (Å²) in [6, 6.07) is 11.9. The molecule has 0 bridgehead atoms. The average molecular weight is 380 g/mol. The van der Waals surface area contributed by atoms with Crippen LogP contribution in [0.2, 0.25) is 0 Å². The van der Waals surface area contributed by atoms with Crippen LogP contribution in [0.15, 0.2) is 47.5 Å². The molecule has 0 saturated heterocycles. The SMILES string of the molecule is CCc1cc2c(cc3c(=O)n(CC(=O)NCc4ccc(C)cc4)ncn32)s1. The van der Waals surface area contributed by atoms with E-state index in [-0.39, 0.29) is 18.0 Å². The van der Waals surface area contributed by atoms with E-state index in [2.05, 4.69) is 23.4 Å². The molecule has 3 aromatic heterocycles. The molecule has 3 heterocycles. The summed E-state index contributed by atoms with van der Waals surface area (Å²) in [6.45, 7) is 4.46. The fraction of sp³-hybridized carbons (Fsp3) is 0.250. The van der Waals surface area contributed by atoms with E-state index in [1.165, 1.54) is 15.1 Å². The van der Waals surface area contributed by atoms with Crippen LogP contribution in [-0.2, 0) is 24.3 Å². The third kappa shape index (κ3) is 3.38. The van der Waals surface area contributed by atoms with Crippen LogP contribution in [0.4, 0.5) is 0 Å². The number of carbonyl (C=O) groups excluding carboxylic acids is 1. The molecular formula is C20H20N4O2S. The maximum absolute atomic E-state index is 12.7. The molecule has 6 nitrogen and oxygen atoms in total. The lowest BCUT2D eigenvalue weighted by molar-refractivity contribution is -0.122. The molecule has 0 fully saturated rings. The summed E-state index contributed by atoms with van der Waals surface area (Å²) in [5.41, 5.74) is 3.47. The summed E-state index contributed by atoms with van der Waals surface area (Å²) in [7, 11) is 0. The van der Waals surface area contributed by atoms with Crippen LogP contribution in [0.1, 0.15) is 22.9 Å². The van der Waals surface area contributed by atoms with Gasteiger partial charge >= 0.3 is 0 Å². The Balaban J connectivity index is 1.53. The zero-order valence-corrected chi connectivity index (χ0v) is 16.0. The topological polar surface area (TPSA) is 68.4 Å². The van der Waals surface area contributed by atoms with E-state index in [4.69, 9.17) is 0 Å². The Kier molecular flexibility index (Phi) is 4.53. The molecule has 1 aromatic carbocycles. The number of hydrogen-bond acceptors (Lipinski definition) is 4. The van der Waals surface area contributed by atoms with E-state index in [0.29, 0.717) is 12.1 Å². The Morgan fingerprint density at radius 2 is 1.96 bits per heavy atom. The molecule has 1 amide bonds. The van der Waals surface area contributed by atoms with Gasteiger partial charge < -0.3 is 5.32 Å². The zero-order chi connectivity index (χ0) is 19.0. The number of hydrogen-bond donors (Lipinski definition) is 1. The van der Waals surface area contributed by atoms with E-state index < -0.39 is 0 Å². The molecule has 0 unspecified atom stereocenters. The zero-order valence-electron chi connectivity index (χ0n) is 15.2. The van der Waals surface area contributed by atoms with Gasteiger partial charge in [-0.25, -0.2) is 4.68 Å². The van der Waals surface area contributed by atoms with Crippen LogP contribution in [-0.4, -0.2) is 20.1 Å². The Morgan fingerprint density at radius 3 is 2.70 bits per heavy atom. The molecule has 0 spiro atoms. The molecule has 0 atom stereocenters. The highest BCUT2D eigenvalue weighted by Crippen LogP contribution is 2.27. The molecule has 4 aromatic rings. The number of fused-ring (bicyclic) bond motifs is 3. The number of benzene rings is 1. The van der Waals surface area contributed by atoms with E-state index >= 15 is 0 Å². The Hall–Kier alpha value is -2.93. The predicted molar refractivity (Wildman–Crippen MR) is 107 cm³/mol. The summed E-state index contributed by atoms with van der Waals surface area (Å²) in [5.74, 6) is -0.240. The highest BCUT2D eigenvalue weighted by molar-refractivity contribution is 7.19. The third-order valence-electron chi connectivity index (χ3n) is 4.59. The third-order valence-corrected chi connectivity index (χ3v) is 5.81. The number of nitrogens with zero attached hydrogens (tertiary/aromatic N) is 3. The summed E-state index contributed by atoms with van der Waals surface area (Å²) < 4.78 is 4.07. The van der Waals surface area contributed by atoms with Gasteiger partial charge in [-0.2, -0.15) is 5.10 Å². The van der Waals surface area contributed by atoms with Crippen LogP contribution in [0.3, 0.4) is 0 Å². The van der Waals surface area contributed by atoms with Gasteiger partial charge in [0.2, 0.25) is 5.91 Å². The van der Waals surface area contributed by atoms with Crippen molar-refractivity contribution in [1.82, 2.24) is 19.5 Å². The molecule has 0 saturated carbocycles. The van der Waals surface area contributed by atoms with Gasteiger partial charge in [-0.15, -0.1) is 11.3 Å². The van der Waals surface area contributed by atoms with Gasteiger partial charge in [-0.05, 0) is 31.0 Å². The largest absolute Gasteiger partial charge is 0.350 e. The number of nitrogens with one attached hydrogen (secondary N) is 1. The van der Waals surface area contributed by atoms with Crippen molar-refractivity contribution < 1.29 is 4.79 Å². The Bertz CT molecular complexity index is 1180. The van der Waals surface area contributed by atoms with Gasteiger partial charge in [0, 0.05) is 11.4 Å². The first-order valence-electron chi connectivity index (χ1n) is 8.87. The second kappa shape index (κ2) is 7.00. The minimum atomic E-state index is -0.260. The Morgan fingerprint density at radius 1 is 1.19 bits per heavy atom. The summed E-state index contributed by atoms with van der Waals surface area (Å²) in [4.78, 5) is 26.2. The molecule has 0 aliphatic heterocycles. The van der Waals surface area contributed by atoms with Crippen molar-refractivity contribution in [3.63, 3.8) is 0 Å². The van der Waals surface area contributed by atoms with E-state index in [0.717, 1.165) is 22.2 Å². The van der Waals surface area contributed by atoms with Crippen LogP contribution < -0.4 is 10.9 Å². The molecular weight excluding hydrogens is 360 g/mol. The van der Waals surface area contributed by atoms with Crippen molar-refractivity contribution in [1.29, 1.82) is 0 Å². The molecule has 1 N–H and O–H groups in total. The number of rotatable bonds is 5. The van der Waals surface area contributed by atoms with Gasteiger partial charge in [0.1, 0.15) is 18.4 Å². The number of aromatic nitrogens is 3. The lowest BCUT2D eigenvalue weighted by atomic mass is 10.1. The fourth-order valence-electron chi connectivity index (χ4n) is 3.03. The van der Waals surface area contributed by atoms with Gasteiger partial charge in [-0.3, -0.25) is 14.0 Å². The number of amides is 1.